The van der Waals surface area contributed by atoms with Gasteiger partial charge in [0, 0.05) is 25.0 Å². The highest BCUT2D eigenvalue weighted by Crippen LogP contribution is 2.28. The van der Waals surface area contributed by atoms with E-state index in [9.17, 15) is 8.42 Å². The monoisotopic (exact) mass is 573 g/mol. The highest BCUT2D eigenvalue weighted by Gasteiger charge is 2.29. The number of nitrogens with zero attached hydrogens (tertiary/aromatic N) is 3. The number of hydrogen-bond acceptors (Lipinski definition) is 4. The summed E-state index contributed by atoms with van der Waals surface area (Å²) in [5, 5.41) is 2.14. The lowest BCUT2D eigenvalue weighted by molar-refractivity contribution is 0.273. The Balaban J connectivity index is 1.32. The Morgan fingerprint density at radius 3 is 2.27 bits per heavy atom. The van der Waals surface area contributed by atoms with Crippen LogP contribution in [-0.2, 0) is 23.0 Å². The van der Waals surface area contributed by atoms with E-state index >= 15 is 0 Å². The number of hydrogen-bond donors (Lipinski definition) is 0. The van der Waals surface area contributed by atoms with Gasteiger partial charge in [0.25, 0.3) is 0 Å². The van der Waals surface area contributed by atoms with E-state index in [4.69, 9.17) is 4.99 Å². The van der Waals surface area contributed by atoms with Crippen molar-refractivity contribution in [1.82, 2.24) is 8.87 Å². The maximum Gasteiger partial charge on any atom is 0.243 e. The van der Waals surface area contributed by atoms with Gasteiger partial charge in [0.05, 0.1) is 16.3 Å². The summed E-state index contributed by atoms with van der Waals surface area (Å²) in [7, 11) is -3.51. The first kappa shape index (κ1) is 28.5. The lowest BCUT2D eigenvalue weighted by Gasteiger charge is -2.31. The van der Waals surface area contributed by atoms with Crippen LogP contribution in [0.25, 0.3) is 11.3 Å². The second-order valence-corrected chi connectivity index (χ2v) is 13.5. The SMILES string of the molecule is CCCCCn1c(-c2ccc(S(=O)(=O)N3CCC(Cc4ccccc4)CC3)cc2)csc1=Nc1ccc(C)cc1. The second kappa shape index (κ2) is 13.1. The molecular weight excluding hydrogens is 535 g/mol. The van der Waals surface area contributed by atoms with Gasteiger partial charge < -0.3 is 4.57 Å². The zero-order valence-corrected chi connectivity index (χ0v) is 25.1. The molecule has 0 amide bonds. The van der Waals surface area contributed by atoms with Gasteiger partial charge in [-0.25, -0.2) is 13.4 Å². The van der Waals surface area contributed by atoms with E-state index in [2.05, 4.69) is 72.3 Å². The predicted octanol–water partition coefficient (Wildman–Crippen LogP) is 7.59. The molecule has 0 radical (unpaired) electrons. The summed E-state index contributed by atoms with van der Waals surface area (Å²) in [6, 6.07) is 26.2. The number of sulfonamides is 1. The first-order valence-electron chi connectivity index (χ1n) is 14.4. The average molecular weight is 574 g/mol. The molecule has 1 aliphatic heterocycles. The van der Waals surface area contributed by atoms with Gasteiger partial charge in [0.1, 0.15) is 0 Å². The Hall–Kier alpha value is -3.00. The Labute approximate surface area is 242 Å². The molecule has 5 nitrogen and oxygen atoms in total. The summed E-state index contributed by atoms with van der Waals surface area (Å²) in [4.78, 5) is 6.27. The number of aryl methyl sites for hydroxylation is 1. The van der Waals surface area contributed by atoms with Crippen molar-refractivity contribution in [3.8, 4) is 11.3 Å². The fourth-order valence-electron chi connectivity index (χ4n) is 5.36. The molecule has 0 bridgehead atoms. The zero-order valence-electron chi connectivity index (χ0n) is 23.5. The quantitative estimate of drug-likeness (QED) is 0.184. The van der Waals surface area contributed by atoms with Crippen LogP contribution in [-0.4, -0.2) is 30.4 Å². The zero-order chi connectivity index (χ0) is 28.0. The lowest BCUT2D eigenvalue weighted by Crippen LogP contribution is -2.38. The molecule has 0 N–H and O–H groups in total. The minimum absolute atomic E-state index is 0.370. The summed E-state index contributed by atoms with van der Waals surface area (Å²) in [6.45, 7) is 6.33. The minimum Gasteiger partial charge on any atom is -0.316 e. The Bertz CT molecular complexity index is 1550. The molecule has 0 saturated carbocycles. The highest BCUT2D eigenvalue weighted by molar-refractivity contribution is 7.89. The van der Waals surface area contributed by atoms with E-state index in [-0.39, 0.29) is 0 Å². The second-order valence-electron chi connectivity index (χ2n) is 10.8. The van der Waals surface area contributed by atoms with Crippen LogP contribution in [0.2, 0.25) is 0 Å². The van der Waals surface area contributed by atoms with Crippen LogP contribution >= 0.6 is 11.3 Å². The maximum atomic E-state index is 13.5. The standard InChI is InChI=1S/C33H39N3O2S2/c1-3-4-8-21-36-32(25-39-33(36)34-30-15-11-26(2)12-16-30)29-13-17-31(18-14-29)40(37,38)35-22-19-28(20-23-35)24-27-9-6-5-7-10-27/h5-7,9-18,25,28H,3-4,8,19-24H2,1-2H3. The lowest BCUT2D eigenvalue weighted by atomic mass is 9.91. The normalized spacial score (nSPS) is 15.5. The molecule has 4 aromatic rings. The molecule has 5 rings (SSSR count). The average Bonchev–Trinajstić information content (AvgIpc) is 3.37. The van der Waals surface area contributed by atoms with Crippen LogP contribution in [0.3, 0.4) is 0 Å². The van der Waals surface area contributed by atoms with E-state index in [1.54, 1.807) is 27.8 Å². The molecule has 210 valence electrons. The topological polar surface area (TPSA) is 54.7 Å². The van der Waals surface area contributed by atoms with Crippen molar-refractivity contribution in [2.45, 2.75) is 63.8 Å². The number of piperidine rings is 1. The van der Waals surface area contributed by atoms with Gasteiger partial charge in [-0.1, -0.05) is 79.9 Å². The molecule has 0 aliphatic carbocycles. The first-order chi connectivity index (χ1) is 19.4. The fraction of sp³-hybridized carbons (Fsp3) is 0.364. The number of rotatable bonds is 10. The van der Waals surface area contributed by atoms with Gasteiger partial charge >= 0.3 is 0 Å². The van der Waals surface area contributed by atoms with Crippen molar-refractivity contribution in [2.75, 3.05) is 13.1 Å². The van der Waals surface area contributed by atoms with Crippen LogP contribution in [0.15, 0.2) is 94.1 Å². The molecule has 3 aromatic carbocycles. The third-order valence-corrected chi connectivity index (χ3v) is 10.5. The van der Waals surface area contributed by atoms with Crippen molar-refractivity contribution in [2.24, 2.45) is 10.9 Å². The number of unbranched alkanes of at least 4 members (excludes halogenated alkanes) is 2. The fourth-order valence-corrected chi connectivity index (χ4v) is 7.79. The van der Waals surface area contributed by atoms with Gasteiger partial charge in [-0.2, -0.15) is 4.31 Å². The highest BCUT2D eigenvalue weighted by atomic mass is 32.2. The molecule has 1 saturated heterocycles. The minimum atomic E-state index is -3.51. The summed E-state index contributed by atoms with van der Waals surface area (Å²) >= 11 is 1.63. The van der Waals surface area contributed by atoms with Crippen molar-refractivity contribution in [1.29, 1.82) is 0 Å². The van der Waals surface area contributed by atoms with Crippen LogP contribution in [0.5, 0.6) is 0 Å². The van der Waals surface area contributed by atoms with E-state index in [0.29, 0.717) is 23.9 Å². The van der Waals surface area contributed by atoms with Crippen LogP contribution in [0, 0.1) is 12.8 Å². The molecule has 1 aromatic heterocycles. The Morgan fingerprint density at radius 1 is 0.900 bits per heavy atom. The molecule has 0 spiro atoms. The number of benzene rings is 3. The van der Waals surface area contributed by atoms with Gasteiger partial charge in [-0.3, -0.25) is 0 Å². The molecule has 40 heavy (non-hydrogen) atoms. The van der Waals surface area contributed by atoms with Gasteiger partial charge in [0.2, 0.25) is 10.0 Å². The van der Waals surface area contributed by atoms with E-state index in [0.717, 1.165) is 66.8 Å². The van der Waals surface area contributed by atoms with Crippen LogP contribution in [0.4, 0.5) is 5.69 Å². The van der Waals surface area contributed by atoms with E-state index in [1.807, 2.05) is 18.2 Å². The maximum absolute atomic E-state index is 13.5. The van der Waals surface area contributed by atoms with Crippen molar-refractivity contribution >= 4 is 27.0 Å². The van der Waals surface area contributed by atoms with Crippen LogP contribution < -0.4 is 4.80 Å². The summed E-state index contributed by atoms with van der Waals surface area (Å²) < 4.78 is 30.9. The molecular formula is C33H39N3O2S2. The summed E-state index contributed by atoms with van der Waals surface area (Å²) in [6.07, 6.45) is 6.19. The summed E-state index contributed by atoms with van der Waals surface area (Å²) in [5.41, 5.74) is 5.58. The van der Waals surface area contributed by atoms with Gasteiger partial charge in [0.15, 0.2) is 4.80 Å². The molecule has 1 fully saturated rings. The third-order valence-electron chi connectivity index (χ3n) is 7.77. The third kappa shape index (κ3) is 6.82. The predicted molar refractivity (Wildman–Crippen MR) is 165 cm³/mol. The van der Waals surface area contributed by atoms with Gasteiger partial charge in [-0.05, 0) is 73.9 Å². The number of thiazole rings is 1. The molecule has 1 aliphatic rings. The van der Waals surface area contributed by atoms with Crippen molar-refractivity contribution < 1.29 is 8.42 Å². The first-order valence-corrected chi connectivity index (χ1v) is 16.7. The molecule has 7 heteroatoms. The Kier molecular flexibility index (Phi) is 9.35. The van der Waals surface area contributed by atoms with E-state index < -0.39 is 10.0 Å². The molecule has 0 unspecified atom stereocenters. The van der Waals surface area contributed by atoms with Crippen molar-refractivity contribution in [3.63, 3.8) is 0 Å². The number of aromatic nitrogens is 1. The summed E-state index contributed by atoms with van der Waals surface area (Å²) in [5.74, 6) is 0.525. The van der Waals surface area contributed by atoms with Crippen molar-refractivity contribution in [3.05, 3.63) is 100 Å². The van der Waals surface area contributed by atoms with Crippen LogP contribution in [0.1, 0.15) is 50.2 Å². The molecule has 2 heterocycles. The molecule has 0 atom stereocenters. The largest absolute Gasteiger partial charge is 0.316 e. The van der Waals surface area contributed by atoms with Gasteiger partial charge in [-0.15, -0.1) is 11.3 Å². The van der Waals surface area contributed by atoms with E-state index in [1.165, 1.54) is 11.1 Å². The smallest absolute Gasteiger partial charge is 0.243 e. The Morgan fingerprint density at radius 2 is 1.60 bits per heavy atom.